The predicted molar refractivity (Wildman–Crippen MR) is 114 cm³/mol. The minimum absolute atomic E-state index is 0.221. The minimum Gasteiger partial charge on any atom is -0.494 e. The number of carbonyl (C=O) groups excluding carboxylic acids is 1. The summed E-state index contributed by atoms with van der Waals surface area (Å²) in [6, 6.07) is 15.3. The number of anilines is 1. The van der Waals surface area contributed by atoms with Crippen LogP contribution in [0.2, 0.25) is 0 Å². The van der Waals surface area contributed by atoms with Gasteiger partial charge in [-0.2, -0.15) is 0 Å². The van der Waals surface area contributed by atoms with E-state index in [-0.39, 0.29) is 5.91 Å². The van der Waals surface area contributed by atoms with Crippen molar-refractivity contribution < 1.29 is 14.3 Å². The van der Waals surface area contributed by atoms with E-state index in [1.54, 1.807) is 6.08 Å². The Labute approximate surface area is 168 Å². The highest BCUT2D eigenvalue weighted by atomic mass is 32.1. The molecule has 3 rings (SSSR count). The van der Waals surface area contributed by atoms with E-state index in [2.05, 4.69) is 10.3 Å². The SMILES string of the molecule is CCOc1ccc(/C=C/C(=O)Nc2nc(-c3ccc(OCC)cc3)cs2)cc1. The van der Waals surface area contributed by atoms with Gasteiger partial charge in [-0.3, -0.25) is 10.1 Å². The van der Waals surface area contributed by atoms with Crippen LogP contribution >= 0.6 is 11.3 Å². The van der Waals surface area contributed by atoms with Crippen molar-refractivity contribution in [2.75, 3.05) is 18.5 Å². The number of hydrogen-bond acceptors (Lipinski definition) is 5. The Morgan fingerprint density at radius 1 is 1.00 bits per heavy atom. The molecule has 144 valence electrons. The smallest absolute Gasteiger partial charge is 0.250 e. The molecule has 0 aliphatic heterocycles. The summed E-state index contributed by atoms with van der Waals surface area (Å²) in [5.74, 6) is 1.42. The van der Waals surface area contributed by atoms with Gasteiger partial charge in [0.1, 0.15) is 11.5 Å². The third kappa shape index (κ3) is 5.44. The molecule has 6 heteroatoms. The fourth-order valence-electron chi connectivity index (χ4n) is 2.51. The topological polar surface area (TPSA) is 60.5 Å². The highest BCUT2D eigenvalue weighted by Crippen LogP contribution is 2.26. The number of hydrogen-bond donors (Lipinski definition) is 1. The minimum atomic E-state index is -0.221. The Hall–Kier alpha value is -3.12. The lowest BCUT2D eigenvalue weighted by atomic mass is 10.2. The van der Waals surface area contributed by atoms with Crippen LogP contribution in [-0.4, -0.2) is 24.1 Å². The van der Waals surface area contributed by atoms with Gasteiger partial charge in [0.15, 0.2) is 5.13 Å². The van der Waals surface area contributed by atoms with Crippen LogP contribution in [0, 0.1) is 0 Å². The molecule has 0 spiro atoms. The molecule has 0 radical (unpaired) electrons. The monoisotopic (exact) mass is 394 g/mol. The molecular weight excluding hydrogens is 372 g/mol. The molecule has 2 aromatic carbocycles. The lowest BCUT2D eigenvalue weighted by Crippen LogP contribution is -2.07. The molecule has 0 saturated heterocycles. The molecule has 28 heavy (non-hydrogen) atoms. The number of nitrogens with one attached hydrogen (secondary N) is 1. The molecule has 0 atom stereocenters. The summed E-state index contributed by atoms with van der Waals surface area (Å²) in [5, 5.41) is 5.28. The van der Waals surface area contributed by atoms with Crippen molar-refractivity contribution in [2.24, 2.45) is 0 Å². The standard InChI is InChI=1S/C22H22N2O3S/c1-3-26-18-10-5-16(6-11-18)7-14-21(25)24-22-23-20(15-28-22)17-8-12-19(13-9-17)27-4-2/h5-15H,3-4H2,1-2H3,(H,23,24,25)/b14-7+. The maximum atomic E-state index is 12.1. The number of carbonyl (C=O) groups is 1. The highest BCUT2D eigenvalue weighted by Gasteiger charge is 2.07. The van der Waals surface area contributed by atoms with Gasteiger partial charge in [0.25, 0.3) is 0 Å². The Kier molecular flexibility index (Phi) is 6.81. The van der Waals surface area contributed by atoms with Crippen LogP contribution in [0.25, 0.3) is 17.3 Å². The van der Waals surface area contributed by atoms with Crippen LogP contribution in [0.4, 0.5) is 5.13 Å². The van der Waals surface area contributed by atoms with E-state index in [9.17, 15) is 4.79 Å². The second kappa shape index (κ2) is 9.71. The molecule has 1 heterocycles. The number of thiazole rings is 1. The molecule has 1 aromatic heterocycles. The number of amides is 1. The number of benzene rings is 2. The summed E-state index contributed by atoms with van der Waals surface area (Å²) in [7, 11) is 0. The lowest BCUT2D eigenvalue weighted by Gasteiger charge is -2.03. The van der Waals surface area contributed by atoms with Crippen LogP contribution < -0.4 is 14.8 Å². The molecule has 0 aliphatic rings. The Morgan fingerprint density at radius 2 is 1.61 bits per heavy atom. The van der Waals surface area contributed by atoms with Crippen LogP contribution in [0.5, 0.6) is 11.5 Å². The molecule has 1 amide bonds. The first-order chi connectivity index (χ1) is 13.7. The van der Waals surface area contributed by atoms with Gasteiger partial charge in [0, 0.05) is 17.0 Å². The summed E-state index contributed by atoms with van der Waals surface area (Å²) in [6.45, 7) is 5.16. The Morgan fingerprint density at radius 3 is 2.21 bits per heavy atom. The molecular formula is C22H22N2O3S. The zero-order valence-electron chi connectivity index (χ0n) is 15.8. The molecule has 3 aromatic rings. The van der Waals surface area contributed by atoms with Crippen molar-refractivity contribution in [3.05, 3.63) is 65.6 Å². The van der Waals surface area contributed by atoms with E-state index in [0.29, 0.717) is 18.3 Å². The van der Waals surface area contributed by atoms with Gasteiger partial charge in [0.05, 0.1) is 18.9 Å². The summed E-state index contributed by atoms with van der Waals surface area (Å²) in [5.41, 5.74) is 2.72. The molecule has 0 unspecified atom stereocenters. The molecule has 0 aliphatic carbocycles. The number of aromatic nitrogens is 1. The summed E-state index contributed by atoms with van der Waals surface area (Å²) >= 11 is 1.39. The van der Waals surface area contributed by atoms with Crippen molar-refractivity contribution in [1.29, 1.82) is 0 Å². The maximum absolute atomic E-state index is 12.1. The zero-order valence-corrected chi connectivity index (χ0v) is 16.7. The summed E-state index contributed by atoms with van der Waals surface area (Å²) < 4.78 is 10.9. The fourth-order valence-corrected chi connectivity index (χ4v) is 3.24. The molecule has 1 N–H and O–H groups in total. The van der Waals surface area contributed by atoms with Gasteiger partial charge in [-0.25, -0.2) is 4.98 Å². The van der Waals surface area contributed by atoms with Gasteiger partial charge in [0.2, 0.25) is 5.91 Å². The van der Waals surface area contributed by atoms with Crippen molar-refractivity contribution >= 4 is 28.5 Å². The normalized spacial score (nSPS) is 10.8. The van der Waals surface area contributed by atoms with E-state index < -0.39 is 0 Å². The summed E-state index contributed by atoms with van der Waals surface area (Å²) in [6.07, 6.45) is 3.25. The largest absolute Gasteiger partial charge is 0.494 e. The molecule has 0 saturated carbocycles. The van der Waals surface area contributed by atoms with E-state index in [1.807, 2.05) is 67.8 Å². The van der Waals surface area contributed by atoms with Crippen LogP contribution in [-0.2, 0) is 4.79 Å². The van der Waals surface area contributed by atoms with Gasteiger partial charge in [-0.05, 0) is 61.9 Å². The highest BCUT2D eigenvalue weighted by molar-refractivity contribution is 7.14. The van der Waals surface area contributed by atoms with Crippen molar-refractivity contribution in [2.45, 2.75) is 13.8 Å². The average molecular weight is 394 g/mol. The first kappa shape index (κ1) is 19.6. The van der Waals surface area contributed by atoms with Gasteiger partial charge < -0.3 is 9.47 Å². The van der Waals surface area contributed by atoms with Crippen LogP contribution in [0.3, 0.4) is 0 Å². The first-order valence-corrected chi connectivity index (χ1v) is 9.96. The zero-order chi connectivity index (χ0) is 19.8. The van der Waals surface area contributed by atoms with E-state index in [0.717, 1.165) is 28.3 Å². The van der Waals surface area contributed by atoms with Crippen molar-refractivity contribution in [3.63, 3.8) is 0 Å². The molecule has 5 nitrogen and oxygen atoms in total. The van der Waals surface area contributed by atoms with Gasteiger partial charge in [-0.15, -0.1) is 11.3 Å². The van der Waals surface area contributed by atoms with E-state index in [1.165, 1.54) is 17.4 Å². The predicted octanol–water partition coefficient (Wildman–Crippen LogP) is 5.26. The van der Waals surface area contributed by atoms with Crippen molar-refractivity contribution in [3.8, 4) is 22.8 Å². The first-order valence-electron chi connectivity index (χ1n) is 9.08. The molecule has 0 bridgehead atoms. The van der Waals surface area contributed by atoms with Gasteiger partial charge >= 0.3 is 0 Å². The average Bonchev–Trinajstić information content (AvgIpc) is 3.17. The number of rotatable bonds is 8. The van der Waals surface area contributed by atoms with Crippen LogP contribution in [0.15, 0.2) is 60.0 Å². The number of ether oxygens (including phenoxy) is 2. The molecule has 0 fully saturated rings. The fraction of sp³-hybridized carbons (Fsp3) is 0.182. The lowest BCUT2D eigenvalue weighted by molar-refractivity contribution is -0.111. The maximum Gasteiger partial charge on any atom is 0.250 e. The Bertz CT molecular complexity index is 931. The van der Waals surface area contributed by atoms with E-state index in [4.69, 9.17) is 9.47 Å². The van der Waals surface area contributed by atoms with Crippen molar-refractivity contribution in [1.82, 2.24) is 4.98 Å². The quantitative estimate of drug-likeness (QED) is 0.530. The third-order valence-corrected chi connectivity index (χ3v) is 4.57. The number of nitrogens with zero attached hydrogens (tertiary/aromatic N) is 1. The summed E-state index contributed by atoms with van der Waals surface area (Å²) in [4.78, 5) is 16.6. The van der Waals surface area contributed by atoms with Gasteiger partial charge in [-0.1, -0.05) is 12.1 Å². The Balaban J connectivity index is 1.58. The van der Waals surface area contributed by atoms with Crippen LogP contribution in [0.1, 0.15) is 19.4 Å². The second-order valence-corrected chi connectivity index (χ2v) is 6.68. The van der Waals surface area contributed by atoms with E-state index >= 15 is 0 Å². The third-order valence-electron chi connectivity index (χ3n) is 3.81. The second-order valence-electron chi connectivity index (χ2n) is 5.82.